The van der Waals surface area contributed by atoms with E-state index in [0.29, 0.717) is 17.8 Å². The SMILES string of the molecule is O=C(NCC1CCCO1)c1cncnc1-c1ccccc1. The number of carbonyl (C=O) groups is 1. The molecule has 1 saturated heterocycles. The Bertz CT molecular complexity index is 610. The lowest BCUT2D eigenvalue weighted by atomic mass is 10.1. The predicted molar refractivity (Wildman–Crippen MR) is 78.8 cm³/mol. The lowest BCUT2D eigenvalue weighted by Gasteiger charge is -2.12. The zero-order valence-electron chi connectivity index (χ0n) is 11.7. The van der Waals surface area contributed by atoms with Gasteiger partial charge in [0.1, 0.15) is 6.33 Å². The highest BCUT2D eigenvalue weighted by Gasteiger charge is 2.19. The summed E-state index contributed by atoms with van der Waals surface area (Å²) in [4.78, 5) is 20.6. The van der Waals surface area contributed by atoms with Crippen LogP contribution in [-0.2, 0) is 4.74 Å². The molecule has 1 aliphatic rings. The van der Waals surface area contributed by atoms with Crippen molar-refractivity contribution in [3.63, 3.8) is 0 Å². The van der Waals surface area contributed by atoms with Crippen LogP contribution in [0.25, 0.3) is 11.3 Å². The Morgan fingerprint density at radius 1 is 1.33 bits per heavy atom. The molecule has 1 aromatic heterocycles. The maximum absolute atomic E-state index is 12.3. The van der Waals surface area contributed by atoms with Gasteiger partial charge >= 0.3 is 0 Å². The molecule has 0 aliphatic carbocycles. The van der Waals surface area contributed by atoms with Crippen molar-refractivity contribution in [3.05, 3.63) is 48.4 Å². The Hall–Kier alpha value is -2.27. The van der Waals surface area contributed by atoms with Crippen LogP contribution in [-0.4, -0.2) is 35.1 Å². The van der Waals surface area contributed by atoms with Crippen molar-refractivity contribution in [1.29, 1.82) is 0 Å². The number of carbonyl (C=O) groups excluding carboxylic acids is 1. The summed E-state index contributed by atoms with van der Waals surface area (Å²) in [6.45, 7) is 1.31. The van der Waals surface area contributed by atoms with Crippen molar-refractivity contribution in [3.8, 4) is 11.3 Å². The molecular formula is C16H17N3O2. The smallest absolute Gasteiger partial charge is 0.255 e. The van der Waals surface area contributed by atoms with E-state index in [4.69, 9.17) is 4.74 Å². The molecule has 0 radical (unpaired) electrons. The van der Waals surface area contributed by atoms with Crippen LogP contribution in [0.5, 0.6) is 0 Å². The minimum absolute atomic E-state index is 0.124. The van der Waals surface area contributed by atoms with Crippen LogP contribution in [0.15, 0.2) is 42.9 Å². The molecular weight excluding hydrogens is 266 g/mol. The molecule has 1 atom stereocenters. The first-order chi connectivity index (χ1) is 10.3. The summed E-state index contributed by atoms with van der Waals surface area (Å²) in [7, 11) is 0. The zero-order chi connectivity index (χ0) is 14.5. The fourth-order valence-corrected chi connectivity index (χ4v) is 2.43. The third kappa shape index (κ3) is 3.25. The van der Waals surface area contributed by atoms with E-state index in [1.165, 1.54) is 6.33 Å². The molecule has 21 heavy (non-hydrogen) atoms. The first-order valence-corrected chi connectivity index (χ1v) is 7.10. The number of hydrogen-bond donors (Lipinski definition) is 1. The molecule has 1 amide bonds. The topological polar surface area (TPSA) is 64.1 Å². The van der Waals surface area contributed by atoms with E-state index < -0.39 is 0 Å². The molecule has 0 bridgehead atoms. The normalized spacial score (nSPS) is 17.6. The minimum Gasteiger partial charge on any atom is -0.376 e. The van der Waals surface area contributed by atoms with Crippen LogP contribution in [0.1, 0.15) is 23.2 Å². The Kier molecular flexibility index (Phi) is 4.21. The van der Waals surface area contributed by atoms with E-state index in [1.807, 2.05) is 30.3 Å². The van der Waals surface area contributed by atoms with Crippen molar-refractivity contribution in [2.24, 2.45) is 0 Å². The highest BCUT2D eigenvalue weighted by molar-refractivity contribution is 5.99. The van der Waals surface area contributed by atoms with Crippen LogP contribution >= 0.6 is 0 Å². The third-order valence-corrected chi connectivity index (χ3v) is 3.52. The summed E-state index contributed by atoms with van der Waals surface area (Å²) in [6.07, 6.45) is 5.19. The maximum Gasteiger partial charge on any atom is 0.255 e. The second-order valence-corrected chi connectivity index (χ2v) is 5.00. The monoisotopic (exact) mass is 283 g/mol. The Labute approximate surface area is 123 Å². The van der Waals surface area contributed by atoms with Gasteiger partial charge in [0.2, 0.25) is 0 Å². The Balaban J connectivity index is 1.76. The van der Waals surface area contributed by atoms with Gasteiger partial charge in [-0.15, -0.1) is 0 Å². The number of amides is 1. The number of aromatic nitrogens is 2. The molecule has 2 heterocycles. The van der Waals surface area contributed by atoms with Gasteiger partial charge in [0, 0.05) is 24.9 Å². The summed E-state index contributed by atoms with van der Waals surface area (Å²) in [5.74, 6) is -0.162. The van der Waals surface area contributed by atoms with Crippen LogP contribution < -0.4 is 5.32 Å². The van der Waals surface area contributed by atoms with E-state index >= 15 is 0 Å². The number of ether oxygens (including phenoxy) is 1. The molecule has 0 spiro atoms. The highest BCUT2D eigenvalue weighted by Crippen LogP contribution is 2.20. The molecule has 2 aromatic rings. The summed E-state index contributed by atoms with van der Waals surface area (Å²) in [5.41, 5.74) is 2.04. The Morgan fingerprint density at radius 2 is 2.19 bits per heavy atom. The standard InChI is InChI=1S/C16H17N3O2/c20-16(18-9-13-7-4-8-21-13)14-10-17-11-19-15(14)12-5-2-1-3-6-12/h1-3,5-6,10-11,13H,4,7-9H2,(H,18,20). The molecule has 0 saturated carbocycles. The number of rotatable bonds is 4. The van der Waals surface area contributed by atoms with E-state index in [9.17, 15) is 4.79 Å². The van der Waals surface area contributed by atoms with E-state index in [0.717, 1.165) is 25.0 Å². The maximum atomic E-state index is 12.3. The highest BCUT2D eigenvalue weighted by atomic mass is 16.5. The van der Waals surface area contributed by atoms with Crippen LogP contribution in [0.3, 0.4) is 0 Å². The third-order valence-electron chi connectivity index (χ3n) is 3.52. The van der Waals surface area contributed by atoms with Gasteiger partial charge in [-0.2, -0.15) is 0 Å². The molecule has 1 aromatic carbocycles. The van der Waals surface area contributed by atoms with Crippen LogP contribution in [0.2, 0.25) is 0 Å². The average Bonchev–Trinajstić information content (AvgIpc) is 3.07. The molecule has 1 aliphatic heterocycles. The summed E-state index contributed by atoms with van der Waals surface area (Å²) < 4.78 is 5.51. The minimum atomic E-state index is -0.162. The van der Waals surface area contributed by atoms with Crippen molar-refractivity contribution in [2.75, 3.05) is 13.2 Å². The van der Waals surface area contributed by atoms with E-state index in [1.54, 1.807) is 6.20 Å². The van der Waals surface area contributed by atoms with Gasteiger partial charge in [0.05, 0.1) is 17.4 Å². The lowest BCUT2D eigenvalue weighted by Crippen LogP contribution is -2.32. The molecule has 1 fully saturated rings. The van der Waals surface area contributed by atoms with Crippen molar-refractivity contribution in [2.45, 2.75) is 18.9 Å². The zero-order valence-corrected chi connectivity index (χ0v) is 11.7. The van der Waals surface area contributed by atoms with Crippen molar-refractivity contribution in [1.82, 2.24) is 15.3 Å². The molecule has 5 nitrogen and oxygen atoms in total. The first kappa shape index (κ1) is 13.7. The fraction of sp³-hybridized carbons (Fsp3) is 0.312. The molecule has 5 heteroatoms. The number of nitrogens with one attached hydrogen (secondary N) is 1. The number of hydrogen-bond acceptors (Lipinski definition) is 4. The summed E-state index contributed by atoms with van der Waals surface area (Å²) >= 11 is 0. The van der Waals surface area contributed by atoms with Gasteiger partial charge in [0.25, 0.3) is 5.91 Å². The van der Waals surface area contributed by atoms with Crippen LogP contribution in [0, 0.1) is 0 Å². The van der Waals surface area contributed by atoms with Gasteiger partial charge in [-0.3, -0.25) is 4.79 Å². The number of nitrogens with zero attached hydrogens (tertiary/aromatic N) is 2. The Morgan fingerprint density at radius 3 is 2.95 bits per heavy atom. The average molecular weight is 283 g/mol. The predicted octanol–water partition coefficient (Wildman–Crippen LogP) is 2.05. The van der Waals surface area contributed by atoms with Gasteiger partial charge in [-0.05, 0) is 12.8 Å². The summed E-state index contributed by atoms with van der Waals surface area (Å²) in [6, 6.07) is 9.64. The second-order valence-electron chi connectivity index (χ2n) is 5.00. The number of benzene rings is 1. The fourth-order valence-electron chi connectivity index (χ4n) is 2.43. The second kappa shape index (κ2) is 6.45. The van der Waals surface area contributed by atoms with Crippen molar-refractivity contribution >= 4 is 5.91 Å². The van der Waals surface area contributed by atoms with Gasteiger partial charge < -0.3 is 10.1 Å². The van der Waals surface area contributed by atoms with E-state index in [2.05, 4.69) is 15.3 Å². The van der Waals surface area contributed by atoms with Gasteiger partial charge in [-0.1, -0.05) is 30.3 Å². The molecule has 1 unspecified atom stereocenters. The van der Waals surface area contributed by atoms with E-state index in [-0.39, 0.29) is 12.0 Å². The van der Waals surface area contributed by atoms with Gasteiger partial charge in [0.15, 0.2) is 0 Å². The first-order valence-electron chi connectivity index (χ1n) is 7.10. The quantitative estimate of drug-likeness (QED) is 0.932. The summed E-state index contributed by atoms with van der Waals surface area (Å²) in [5, 5.41) is 2.91. The van der Waals surface area contributed by atoms with Crippen molar-refractivity contribution < 1.29 is 9.53 Å². The van der Waals surface area contributed by atoms with Crippen LogP contribution in [0.4, 0.5) is 0 Å². The molecule has 1 N–H and O–H groups in total. The molecule has 108 valence electrons. The largest absolute Gasteiger partial charge is 0.376 e. The van der Waals surface area contributed by atoms with Gasteiger partial charge in [-0.25, -0.2) is 9.97 Å². The molecule has 3 rings (SSSR count). The lowest BCUT2D eigenvalue weighted by molar-refractivity contribution is 0.0857.